The van der Waals surface area contributed by atoms with Crippen molar-refractivity contribution < 1.29 is 9.28 Å². The van der Waals surface area contributed by atoms with Gasteiger partial charge in [-0.25, -0.2) is 4.79 Å². The predicted octanol–water partition coefficient (Wildman–Crippen LogP) is 4.78. The van der Waals surface area contributed by atoms with Crippen LogP contribution in [-0.4, -0.2) is 30.0 Å². The SMILES string of the molecule is CCCCCC1CCC(C(=O)[N+](CC)(CC)CC)CC1. The second kappa shape index (κ2) is 8.81. The van der Waals surface area contributed by atoms with Crippen molar-refractivity contribution in [1.82, 2.24) is 0 Å². The summed E-state index contributed by atoms with van der Waals surface area (Å²) in [5.74, 6) is 1.78. The van der Waals surface area contributed by atoms with Gasteiger partial charge < -0.3 is 0 Å². The van der Waals surface area contributed by atoms with E-state index < -0.39 is 0 Å². The molecule has 0 N–H and O–H groups in total. The van der Waals surface area contributed by atoms with Crippen molar-refractivity contribution in [2.75, 3.05) is 19.6 Å². The van der Waals surface area contributed by atoms with Gasteiger partial charge in [0.05, 0.1) is 25.6 Å². The minimum absolute atomic E-state index is 0.345. The second-order valence-corrected chi connectivity index (χ2v) is 6.65. The minimum atomic E-state index is 0.345. The lowest BCUT2D eigenvalue weighted by atomic mass is 9.79. The summed E-state index contributed by atoms with van der Waals surface area (Å²) in [4.78, 5) is 12.9. The summed E-state index contributed by atoms with van der Waals surface area (Å²) < 4.78 is 0.700. The maximum absolute atomic E-state index is 12.9. The summed E-state index contributed by atoms with van der Waals surface area (Å²) in [6, 6.07) is 0. The van der Waals surface area contributed by atoms with Crippen molar-refractivity contribution in [3.63, 3.8) is 0 Å². The molecule has 0 atom stereocenters. The van der Waals surface area contributed by atoms with E-state index in [2.05, 4.69) is 27.7 Å². The van der Waals surface area contributed by atoms with Crippen molar-refractivity contribution in [3.8, 4) is 0 Å². The van der Waals surface area contributed by atoms with Gasteiger partial charge in [0.2, 0.25) is 0 Å². The third-order valence-electron chi connectivity index (χ3n) is 5.70. The highest BCUT2D eigenvalue weighted by molar-refractivity contribution is 5.72. The highest BCUT2D eigenvalue weighted by atomic mass is 16.2. The smallest absolute Gasteiger partial charge is 0.261 e. The zero-order chi connectivity index (χ0) is 15.0. The van der Waals surface area contributed by atoms with Gasteiger partial charge in [0.25, 0.3) is 0 Å². The molecule has 0 aromatic rings. The third-order valence-corrected chi connectivity index (χ3v) is 5.70. The molecule has 1 aliphatic carbocycles. The molecular weight excluding hydrogens is 246 g/mol. The van der Waals surface area contributed by atoms with Crippen molar-refractivity contribution >= 4 is 5.91 Å². The zero-order valence-electron chi connectivity index (χ0n) is 14.3. The van der Waals surface area contributed by atoms with Crippen LogP contribution in [0, 0.1) is 11.8 Å². The maximum Gasteiger partial charge on any atom is 0.316 e. The Morgan fingerprint density at radius 1 is 0.900 bits per heavy atom. The number of nitrogens with zero attached hydrogens (tertiary/aromatic N) is 1. The van der Waals surface area contributed by atoms with E-state index in [0.717, 1.165) is 38.4 Å². The summed E-state index contributed by atoms with van der Waals surface area (Å²) in [6.45, 7) is 11.7. The molecule has 0 aromatic heterocycles. The Hall–Kier alpha value is -0.370. The van der Waals surface area contributed by atoms with E-state index in [0.29, 0.717) is 16.3 Å². The Morgan fingerprint density at radius 2 is 1.45 bits per heavy atom. The first-order valence-electron chi connectivity index (χ1n) is 9.03. The van der Waals surface area contributed by atoms with E-state index in [1.165, 1.54) is 38.5 Å². The molecule has 1 saturated carbocycles. The number of quaternary nitrogens is 1. The Bertz CT molecular complexity index is 267. The maximum atomic E-state index is 12.9. The van der Waals surface area contributed by atoms with Crippen LogP contribution < -0.4 is 0 Å². The third kappa shape index (κ3) is 4.31. The first kappa shape index (κ1) is 17.7. The monoisotopic (exact) mass is 282 g/mol. The van der Waals surface area contributed by atoms with Crippen molar-refractivity contribution in [3.05, 3.63) is 0 Å². The van der Waals surface area contributed by atoms with E-state index in [1.54, 1.807) is 0 Å². The average molecular weight is 282 g/mol. The quantitative estimate of drug-likeness (QED) is 0.463. The largest absolute Gasteiger partial charge is 0.316 e. The highest BCUT2D eigenvalue weighted by Gasteiger charge is 2.38. The van der Waals surface area contributed by atoms with Gasteiger partial charge in [-0.1, -0.05) is 32.6 Å². The molecule has 0 aromatic carbocycles. The van der Waals surface area contributed by atoms with Gasteiger partial charge in [0.15, 0.2) is 0 Å². The lowest BCUT2D eigenvalue weighted by Crippen LogP contribution is -2.55. The van der Waals surface area contributed by atoms with Crippen LogP contribution in [0.4, 0.5) is 0 Å². The number of hydrogen-bond acceptors (Lipinski definition) is 1. The van der Waals surface area contributed by atoms with Gasteiger partial charge in [-0.15, -0.1) is 0 Å². The van der Waals surface area contributed by atoms with E-state index in [4.69, 9.17) is 0 Å². The number of unbranched alkanes of at least 4 members (excludes halogenated alkanes) is 2. The molecule has 0 unspecified atom stereocenters. The summed E-state index contributed by atoms with van der Waals surface area (Å²) >= 11 is 0. The Morgan fingerprint density at radius 3 is 1.90 bits per heavy atom. The van der Waals surface area contributed by atoms with Crippen LogP contribution in [0.1, 0.15) is 79.1 Å². The molecule has 1 aliphatic rings. The van der Waals surface area contributed by atoms with E-state index in [-0.39, 0.29) is 0 Å². The lowest BCUT2D eigenvalue weighted by molar-refractivity contribution is -0.851. The van der Waals surface area contributed by atoms with Gasteiger partial charge in [-0.2, -0.15) is 0 Å². The molecule has 1 amide bonds. The molecule has 1 fully saturated rings. The van der Waals surface area contributed by atoms with Crippen LogP contribution in [0.15, 0.2) is 0 Å². The summed E-state index contributed by atoms with van der Waals surface area (Å²) in [5, 5.41) is 0. The molecule has 0 heterocycles. The van der Waals surface area contributed by atoms with Gasteiger partial charge in [-0.05, 0) is 52.4 Å². The Balaban J connectivity index is 2.46. The Labute approximate surface area is 126 Å². The molecule has 0 spiro atoms. The number of carbonyl (C=O) groups excluding carboxylic acids is 1. The minimum Gasteiger partial charge on any atom is -0.261 e. The van der Waals surface area contributed by atoms with Crippen LogP contribution in [0.3, 0.4) is 0 Å². The number of hydrogen-bond donors (Lipinski definition) is 0. The number of carbonyl (C=O) groups is 1. The Kier molecular flexibility index (Phi) is 7.79. The van der Waals surface area contributed by atoms with Crippen LogP contribution in [0.25, 0.3) is 0 Å². The first-order chi connectivity index (χ1) is 9.63. The van der Waals surface area contributed by atoms with E-state index in [9.17, 15) is 4.79 Å². The molecule has 0 bridgehead atoms. The molecule has 0 radical (unpaired) electrons. The molecule has 2 nitrogen and oxygen atoms in total. The molecule has 118 valence electrons. The van der Waals surface area contributed by atoms with Gasteiger partial charge in [0, 0.05) is 0 Å². The number of amides is 1. The van der Waals surface area contributed by atoms with Crippen molar-refractivity contribution in [2.24, 2.45) is 11.8 Å². The molecule has 20 heavy (non-hydrogen) atoms. The number of rotatable bonds is 8. The van der Waals surface area contributed by atoms with Gasteiger partial charge in [-0.3, -0.25) is 4.48 Å². The van der Waals surface area contributed by atoms with E-state index in [1.807, 2.05) is 0 Å². The molecular formula is C18H36NO+. The van der Waals surface area contributed by atoms with Crippen molar-refractivity contribution in [1.29, 1.82) is 0 Å². The summed E-state index contributed by atoms with van der Waals surface area (Å²) in [6.07, 6.45) is 10.3. The topological polar surface area (TPSA) is 17.1 Å². The van der Waals surface area contributed by atoms with Crippen LogP contribution >= 0.6 is 0 Å². The molecule has 1 rings (SSSR count). The average Bonchev–Trinajstić information content (AvgIpc) is 2.50. The van der Waals surface area contributed by atoms with Crippen LogP contribution in [-0.2, 0) is 4.79 Å². The van der Waals surface area contributed by atoms with Crippen LogP contribution in [0.5, 0.6) is 0 Å². The fourth-order valence-corrected chi connectivity index (χ4v) is 3.91. The molecule has 0 saturated heterocycles. The van der Waals surface area contributed by atoms with Gasteiger partial charge >= 0.3 is 5.91 Å². The molecule has 2 heteroatoms. The molecule has 0 aliphatic heterocycles. The van der Waals surface area contributed by atoms with Crippen LogP contribution in [0.2, 0.25) is 0 Å². The fraction of sp³-hybridized carbons (Fsp3) is 0.944. The summed E-state index contributed by atoms with van der Waals surface area (Å²) in [7, 11) is 0. The first-order valence-corrected chi connectivity index (χ1v) is 9.03. The second-order valence-electron chi connectivity index (χ2n) is 6.65. The fourth-order valence-electron chi connectivity index (χ4n) is 3.91. The van der Waals surface area contributed by atoms with E-state index >= 15 is 0 Å². The van der Waals surface area contributed by atoms with Crippen molar-refractivity contribution in [2.45, 2.75) is 79.1 Å². The summed E-state index contributed by atoms with van der Waals surface area (Å²) in [5.41, 5.74) is 0. The highest BCUT2D eigenvalue weighted by Crippen LogP contribution is 2.34. The predicted molar refractivity (Wildman–Crippen MR) is 86.5 cm³/mol. The lowest BCUT2D eigenvalue weighted by Gasteiger charge is -2.37. The zero-order valence-corrected chi connectivity index (χ0v) is 14.3. The van der Waals surface area contributed by atoms with Gasteiger partial charge in [0.1, 0.15) is 0 Å². The normalized spacial score (nSPS) is 23.8. The standard InChI is InChI=1S/C18H36NO/c1-5-9-10-11-16-12-14-17(15-13-16)18(20)19(6-2,7-3)8-4/h16-17H,5-15H2,1-4H3/q+1.